The Morgan fingerprint density at radius 3 is 0.975 bits per heavy atom. The maximum absolute atomic E-state index is 12.5. The van der Waals surface area contributed by atoms with E-state index in [1.807, 2.05) is 6.08 Å². The molecule has 6 nitrogen and oxygen atoms in total. The fraction of sp³-hybridized carbons (Fsp3) is 0.893. The highest BCUT2D eigenvalue weighted by molar-refractivity contribution is 5.76. The second-order valence-corrected chi connectivity index (χ2v) is 25.3. The number of amides is 1. The van der Waals surface area contributed by atoms with Gasteiger partial charge < -0.3 is 20.3 Å². The van der Waals surface area contributed by atoms with Crippen molar-refractivity contribution >= 4 is 11.9 Å². The Kier molecular flexibility index (Phi) is 68.9. The highest BCUT2D eigenvalue weighted by Crippen LogP contribution is 2.19. The highest BCUT2D eigenvalue weighted by atomic mass is 16.5. The van der Waals surface area contributed by atoms with Crippen LogP contribution in [0.4, 0.5) is 0 Å². The number of aliphatic hydroxyl groups excluding tert-OH is 2. The summed E-state index contributed by atoms with van der Waals surface area (Å²) in [4.78, 5) is 24.6. The van der Waals surface area contributed by atoms with Gasteiger partial charge in [-0.3, -0.25) is 9.59 Å². The van der Waals surface area contributed by atoms with Crippen molar-refractivity contribution in [2.45, 2.75) is 418 Å². The predicted octanol–water partition coefficient (Wildman–Crippen LogP) is 23.9. The van der Waals surface area contributed by atoms with Crippen LogP contribution in [0.2, 0.25) is 0 Å². The van der Waals surface area contributed by atoms with Crippen LogP contribution in [-0.4, -0.2) is 47.4 Å². The molecule has 0 saturated carbocycles. The molecule has 0 rings (SSSR count). The Labute approximate surface area is 506 Å². The number of carbonyl (C=O) groups excluding carboxylic acids is 2. The summed E-state index contributed by atoms with van der Waals surface area (Å²) in [5.41, 5.74) is 0. The Bertz CT molecular complexity index is 1310. The summed E-state index contributed by atoms with van der Waals surface area (Å²) in [5.74, 6) is -0.0541. The molecule has 0 spiro atoms. The fourth-order valence-corrected chi connectivity index (χ4v) is 11.5. The van der Waals surface area contributed by atoms with Crippen molar-refractivity contribution in [3.63, 3.8) is 0 Å². The molecule has 3 N–H and O–H groups in total. The van der Waals surface area contributed by atoms with Gasteiger partial charge in [-0.25, -0.2) is 0 Å². The zero-order valence-corrected chi connectivity index (χ0v) is 54.8. The van der Waals surface area contributed by atoms with E-state index in [0.717, 1.165) is 51.4 Å². The van der Waals surface area contributed by atoms with Gasteiger partial charge in [0.25, 0.3) is 0 Å². The molecule has 2 unspecified atom stereocenters. The van der Waals surface area contributed by atoms with Crippen molar-refractivity contribution in [3.8, 4) is 0 Å². The standard InChI is InChI=1S/C75H143NO5/c1-3-5-7-9-11-13-15-17-19-20-34-37-40-43-47-51-55-59-63-67-73(78)72(71-77)76-74(79)68-64-60-56-52-48-44-41-38-35-32-30-28-26-24-22-21-23-25-27-29-31-33-36-39-42-46-50-54-58-62-66-70-81-75(80)69-65-61-57-53-49-45-18-16-14-12-10-8-6-4-2/h10,12,16,18,63,67,72-73,77-78H,3-9,11,13-15,17,19-62,64-66,68-71H2,1-2H3,(H,76,79)/b12-10-,18-16-,67-63+. The van der Waals surface area contributed by atoms with Crippen LogP contribution in [0, 0.1) is 0 Å². The minimum atomic E-state index is -0.842. The van der Waals surface area contributed by atoms with Crippen molar-refractivity contribution in [1.82, 2.24) is 5.32 Å². The zero-order chi connectivity index (χ0) is 58.5. The van der Waals surface area contributed by atoms with E-state index in [0.29, 0.717) is 19.4 Å². The van der Waals surface area contributed by atoms with E-state index in [9.17, 15) is 19.8 Å². The van der Waals surface area contributed by atoms with E-state index in [1.54, 1.807) is 6.08 Å². The number of esters is 1. The highest BCUT2D eigenvalue weighted by Gasteiger charge is 2.18. The van der Waals surface area contributed by atoms with Crippen LogP contribution in [0.3, 0.4) is 0 Å². The molecule has 6 heteroatoms. The monoisotopic (exact) mass is 1140 g/mol. The molecule has 0 aliphatic heterocycles. The molecule has 81 heavy (non-hydrogen) atoms. The third-order valence-corrected chi connectivity index (χ3v) is 17.2. The summed E-state index contributed by atoms with van der Waals surface area (Å²) < 4.78 is 5.49. The second kappa shape index (κ2) is 70.6. The molecular weight excluding hydrogens is 995 g/mol. The first kappa shape index (κ1) is 79.1. The van der Waals surface area contributed by atoms with Gasteiger partial charge in [0.1, 0.15) is 0 Å². The molecule has 0 saturated heterocycles. The molecule has 478 valence electrons. The second-order valence-electron chi connectivity index (χ2n) is 25.3. The summed E-state index contributed by atoms with van der Waals surface area (Å²) in [6.45, 7) is 4.90. The molecule has 0 aliphatic carbocycles. The smallest absolute Gasteiger partial charge is 0.305 e. The molecule has 0 heterocycles. The lowest BCUT2D eigenvalue weighted by atomic mass is 10.0. The van der Waals surface area contributed by atoms with Crippen LogP contribution in [0.1, 0.15) is 406 Å². The lowest BCUT2D eigenvalue weighted by molar-refractivity contribution is -0.143. The maximum Gasteiger partial charge on any atom is 0.305 e. The van der Waals surface area contributed by atoms with Crippen molar-refractivity contribution in [2.75, 3.05) is 13.2 Å². The van der Waals surface area contributed by atoms with Gasteiger partial charge in [-0.15, -0.1) is 0 Å². The fourth-order valence-electron chi connectivity index (χ4n) is 11.5. The minimum absolute atomic E-state index is 0.00612. The van der Waals surface area contributed by atoms with Gasteiger partial charge in [-0.2, -0.15) is 0 Å². The first-order chi connectivity index (χ1) is 40.0. The van der Waals surface area contributed by atoms with E-state index in [-0.39, 0.29) is 18.5 Å². The number of unbranched alkanes of at least 4 members (excludes halogenated alkanes) is 54. The van der Waals surface area contributed by atoms with E-state index < -0.39 is 12.1 Å². The van der Waals surface area contributed by atoms with Crippen LogP contribution in [0.15, 0.2) is 36.5 Å². The Morgan fingerprint density at radius 1 is 0.346 bits per heavy atom. The van der Waals surface area contributed by atoms with Crippen LogP contribution in [0.5, 0.6) is 0 Å². The lowest BCUT2D eigenvalue weighted by Crippen LogP contribution is -2.45. The van der Waals surface area contributed by atoms with Crippen molar-refractivity contribution in [1.29, 1.82) is 0 Å². The predicted molar refractivity (Wildman–Crippen MR) is 356 cm³/mol. The first-order valence-corrected chi connectivity index (χ1v) is 36.8. The lowest BCUT2D eigenvalue weighted by Gasteiger charge is -2.20. The van der Waals surface area contributed by atoms with Gasteiger partial charge >= 0.3 is 5.97 Å². The van der Waals surface area contributed by atoms with Gasteiger partial charge in [0.15, 0.2) is 0 Å². The average Bonchev–Trinajstić information content (AvgIpc) is 3.47. The maximum atomic E-state index is 12.5. The van der Waals surface area contributed by atoms with Crippen molar-refractivity contribution in [2.24, 2.45) is 0 Å². The normalized spacial score (nSPS) is 12.7. The number of carbonyl (C=O) groups is 2. The number of rotatable bonds is 69. The molecule has 0 radical (unpaired) electrons. The van der Waals surface area contributed by atoms with Crippen LogP contribution in [-0.2, 0) is 14.3 Å². The molecule has 1 amide bonds. The molecule has 2 atom stereocenters. The summed E-state index contributed by atoms with van der Waals surface area (Å²) >= 11 is 0. The van der Waals surface area contributed by atoms with E-state index in [4.69, 9.17) is 4.74 Å². The van der Waals surface area contributed by atoms with E-state index >= 15 is 0 Å². The molecule has 0 aromatic carbocycles. The molecular formula is C75H143NO5. The van der Waals surface area contributed by atoms with Gasteiger partial charge in [0.2, 0.25) is 5.91 Å². The molecule has 0 aliphatic rings. The minimum Gasteiger partial charge on any atom is -0.466 e. The molecule has 0 aromatic rings. The SMILES string of the molecule is CCCC/C=C\C/C=C\CCCCCCCC(=O)OCCCCCCCCCCCCCCCCCCCCCCCCCCCCCCCCCC(=O)NC(CO)C(O)/C=C/CCCCCCCCCCCCCCCCCCC. The summed E-state index contributed by atoms with van der Waals surface area (Å²) in [6.07, 6.45) is 91.0. The van der Waals surface area contributed by atoms with Gasteiger partial charge in [0.05, 0.1) is 25.4 Å². The number of hydrogen-bond donors (Lipinski definition) is 3. The number of aliphatic hydroxyl groups is 2. The average molecular weight is 1140 g/mol. The molecule has 0 aromatic heterocycles. The van der Waals surface area contributed by atoms with E-state index in [2.05, 4.69) is 43.5 Å². The third-order valence-electron chi connectivity index (χ3n) is 17.2. The molecule has 0 fully saturated rings. The van der Waals surface area contributed by atoms with Gasteiger partial charge in [-0.05, 0) is 57.8 Å². The van der Waals surface area contributed by atoms with E-state index in [1.165, 1.54) is 327 Å². The number of ether oxygens (including phenoxy) is 1. The van der Waals surface area contributed by atoms with Crippen molar-refractivity contribution < 1.29 is 24.5 Å². The van der Waals surface area contributed by atoms with Crippen LogP contribution in [0.25, 0.3) is 0 Å². The zero-order valence-electron chi connectivity index (χ0n) is 54.8. The quantitative estimate of drug-likeness (QED) is 0.0320. The Balaban J connectivity index is 3.35. The topological polar surface area (TPSA) is 95.9 Å². The largest absolute Gasteiger partial charge is 0.466 e. The van der Waals surface area contributed by atoms with Gasteiger partial charge in [-0.1, -0.05) is 371 Å². The number of hydrogen-bond acceptors (Lipinski definition) is 5. The first-order valence-electron chi connectivity index (χ1n) is 36.8. The molecule has 0 bridgehead atoms. The third kappa shape index (κ3) is 67.1. The Hall–Kier alpha value is -1.92. The summed E-state index contributed by atoms with van der Waals surface area (Å²) in [6, 6.07) is -0.625. The summed E-state index contributed by atoms with van der Waals surface area (Å²) in [7, 11) is 0. The van der Waals surface area contributed by atoms with Crippen LogP contribution >= 0.6 is 0 Å². The van der Waals surface area contributed by atoms with Gasteiger partial charge in [0, 0.05) is 12.8 Å². The van der Waals surface area contributed by atoms with Crippen molar-refractivity contribution in [3.05, 3.63) is 36.5 Å². The number of nitrogens with one attached hydrogen (secondary N) is 1. The number of allylic oxidation sites excluding steroid dienone is 5. The van der Waals surface area contributed by atoms with Crippen LogP contribution < -0.4 is 5.32 Å². The summed E-state index contributed by atoms with van der Waals surface area (Å²) in [5, 5.41) is 23.2. The Morgan fingerprint density at radius 2 is 0.630 bits per heavy atom.